The number of alkyl halides is 3. The van der Waals surface area contributed by atoms with Crippen LogP contribution in [-0.4, -0.2) is 48.4 Å². The maximum absolute atomic E-state index is 14.5. The number of halogens is 5. The number of rotatable bonds is 7. The predicted molar refractivity (Wildman–Crippen MR) is 103 cm³/mol. The van der Waals surface area contributed by atoms with E-state index in [1.807, 2.05) is 0 Å². The molecule has 0 bridgehead atoms. The molecule has 170 valence electrons. The summed E-state index contributed by atoms with van der Waals surface area (Å²) in [4.78, 5) is 22.9. The first-order valence-electron chi connectivity index (χ1n) is 9.67. The van der Waals surface area contributed by atoms with E-state index in [1.165, 1.54) is 17.3 Å². The van der Waals surface area contributed by atoms with Crippen LogP contribution in [0.1, 0.15) is 42.0 Å². The van der Waals surface area contributed by atoms with Gasteiger partial charge in [0, 0.05) is 31.4 Å². The van der Waals surface area contributed by atoms with Gasteiger partial charge in [0.2, 0.25) is 0 Å². The Morgan fingerprint density at radius 3 is 2.31 bits per heavy atom. The number of amides is 1. The molecule has 12 heteroatoms. The number of aryl methyl sites for hydroxylation is 1. The van der Waals surface area contributed by atoms with Crippen molar-refractivity contribution in [2.45, 2.75) is 38.9 Å². The molecule has 0 spiro atoms. The molecular weight excluding hydrogens is 435 g/mol. The van der Waals surface area contributed by atoms with E-state index in [4.69, 9.17) is 0 Å². The molecule has 3 rings (SSSR count). The molecule has 0 unspecified atom stereocenters. The molecule has 7 nitrogen and oxygen atoms in total. The highest BCUT2D eigenvalue weighted by Gasteiger charge is 2.31. The van der Waals surface area contributed by atoms with Crippen LogP contribution >= 0.6 is 0 Å². The number of carbonyl (C=O) groups is 1. The molecule has 2 heterocycles. The summed E-state index contributed by atoms with van der Waals surface area (Å²) in [5, 5.41) is 7.59. The molecule has 0 radical (unpaired) electrons. The molecule has 1 amide bonds. The van der Waals surface area contributed by atoms with E-state index in [9.17, 15) is 26.7 Å². The van der Waals surface area contributed by atoms with Crippen LogP contribution in [-0.2, 0) is 12.6 Å². The summed E-state index contributed by atoms with van der Waals surface area (Å²) >= 11 is 0. The van der Waals surface area contributed by atoms with Gasteiger partial charge < -0.3 is 4.90 Å². The molecular formula is C20H19F5N6O. The van der Waals surface area contributed by atoms with Gasteiger partial charge in [-0.2, -0.15) is 23.4 Å². The smallest absolute Gasteiger partial charge is 0.336 e. The van der Waals surface area contributed by atoms with E-state index in [0.29, 0.717) is 18.8 Å². The van der Waals surface area contributed by atoms with Crippen molar-refractivity contribution in [3.63, 3.8) is 0 Å². The van der Waals surface area contributed by atoms with E-state index in [1.54, 1.807) is 13.8 Å². The number of nitrogens with zero attached hydrogens (tertiary/aromatic N) is 6. The Morgan fingerprint density at radius 1 is 1.12 bits per heavy atom. The van der Waals surface area contributed by atoms with Crippen LogP contribution in [0.15, 0.2) is 36.9 Å². The van der Waals surface area contributed by atoms with Crippen molar-refractivity contribution in [1.29, 1.82) is 0 Å². The third-order valence-electron chi connectivity index (χ3n) is 4.87. The van der Waals surface area contributed by atoms with Crippen molar-refractivity contribution in [2.75, 3.05) is 6.54 Å². The fraction of sp³-hybridized carbons (Fsp3) is 0.350. The standard InChI is InChI=1S/C20H19F5N6O/c1-3-30(12(2)4-7-16-26-10-13(11-27-16)20(23,24)25)19(32)14-5-6-15(21)17(22)18(14)31-28-8-9-29-31/h5-6,8-12H,3-4,7H2,1-2H3/t12-/m0/s1. The molecule has 1 atom stereocenters. The van der Waals surface area contributed by atoms with Crippen LogP contribution < -0.4 is 0 Å². The van der Waals surface area contributed by atoms with E-state index >= 15 is 0 Å². The van der Waals surface area contributed by atoms with Crippen LogP contribution in [0.25, 0.3) is 5.69 Å². The lowest BCUT2D eigenvalue weighted by atomic mass is 10.1. The van der Waals surface area contributed by atoms with Crippen molar-refractivity contribution in [3.05, 3.63) is 65.5 Å². The Labute approximate surface area is 179 Å². The van der Waals surface area contributed by atoms with Gasteiger partial charge >= 0.3 is 6.18 Å². The van der Waals surface area contributed by atoms with E-state index in [2.05, 4.69) is 20.2 Å². The lowest BCUT2D eigenvalue weighted by Gasteiger charge is -2.28. The number of aromatic nitrogens is 5. The molecule has 1 aromatic carbocycles. The minimum atomic E-state index is -4.52. The zero-order valence-corrected chi connectivity index (χ0v) is 17.1. The SMILES string of the molecule is CCN(C(=O)c1ccc(F)c(F)c1-n1nccn1)[C@@H](C)CCc1ncc(C(F)(F)F)cn1. The maximum atomic E-state index is 14.5. The van der Waals surface area contributed by atoms with Crippen LogP contribution in [0.4, 0.5) is 22.0 Å². The normalized spacial score (nSPS) is 12.6. The maximum Gasteiger partial charge on any atom is 0.419 e. The van der Waals surface area contributed by atoms with Crippen LogP contribution in [0.3, 0.4) is 0 Å². The van der Waals surface area contributed by atoms with Crippen LogP contribution in [0, 0.1) is 11.6 Å². The summed E-state index contributed by atoms with van der Waals surface area (Å²) in [7, 11) is 0. The summed E-state index contributed by atoms with van der Waals surface area (Å²) in [6.07, 6.45) is -0.0201. The Morgan fingerprint density at radius 2 is 1.75 bits per heavy atom. The second-order valence-corrected chi connectivity index (χ2v) is 6.94. The highest BCUT2D eigenvalue weighted by molar-refractivity contribution is 5.98. The number of hydrogen-bond acceptors (Lipinski definition) is 5. The van der Waals surface area contributed by atoms with Gasteiger partial charge in [-0.1, -0.05) is 0 Å². The minimum Gasteiger partial charge on any atom is -0.336 e. The summed E-state index contributed by atoms with van der Waals surface area (Å²) in [5.74, 6) is -2.78. The molecule has 2 aromatic heterocycles. The summed E-state index contributed by atoms with van der Waals surface area (Å²) in [5.41, 5.74) is -1.48. The number of carbonyl (C=O) groups excluding carboxylic acids is 1. The van der Waals surface area contributed by atoms with Gasteiger partial charge in [0.25, 0.3) is 5.91 Å². The molecule has 0 saturated heterocycles. The second-order valence-electron chi connectivity index (χ2n) is 6.94. The molecule has 0 fully saturated rings. The Kier molecular flexibility index (Phi) is 6.80. The van der Waals surface area contributed by atoms with Gasteiger partial charge in [0.05, 0.1) is 23.5 Å². The van der Waals surface area contributed by atoms with Crippen molar-refractivity contribution < 1.29 is 26.7 Å². The first-order chi connectivity index (χ1) is 15.1. The van der Waals surface area contributed by atoms with Gasteiger partial charge in [-0.15, -0.1) is 4.80 Å². The molecule has 3 aromatic rings. The zero-order chi connectivity index (χ0) is 23.5. The number of benzene rings is 1. The molecule has 0 aliphatic heterocycles. The third kappa shape index (κ3) is 4.89. The second kappa shape index (κ2) is 9.37. The van der Waals surface area contributed by atoms with E-state index in [-0.39, 0.29) is 24.4 Å². The summed E-state index contributed by atoms with van der Waals surface area (Å²) < 4.78 is 66.2. The van der Waals surface area contributed by atoms with Gasteiger partial charge in [-0.25, -0.2) is 18.7 Å². The Bertz CT molecular complexity index is 1070. The van der Waals surface area contributed by atoms with E-state index in [0.717, 1.165) is 16.9 Å². The highest BCUT2D eigenvalue weighted by Crippen LogP contribution is 2.28. The fourth-order valence-corrected chi connectivity index (χ4v) is 3.17. The average molecular weight is 454 g/mol. The van der Waals surface area contributed by atoms with E-state index < -0.39 is 41.0 Å². The van der Waals surface area contributed by atoms with Gasteiger partial charge in [-0.05, 0) is 32.4 Å². The Balaban J connectivity index is 1.78. The average Bonchev–Trinajstić information content (AvgIpc) is 3.28. The molecule has 0 aliphatic rings. The Hall–Kier alpha value is -3.44. The van der Waals surface area contributed by atoms with Crippen LogP contribution in [0.2, 0.25) is 0 Å². The van der Waals surface area contributed by atoms with Gasteiger partial charge in [-0.3, -0.25) is 4.79 Å². The zero-order valence-electron chi connectivity index (χ0n) is 17.1. The van der Waals surface area contributed by atoms with Crippen LogP contribution in [0.5, 0.6) is 0 Å². The van der Waals surface area contributed by atoms with Crippen molar-refractivity contribution in [3.8, 4) is 5.69 Å². The molecule has 32 heavy (non-hydrogen) atoms. The first-order valence-corrected chi connectivity index (χ1v) is 9.67. The lowest BCUT2D eigenvalue weighted by molar-refractivity contribution is -0.138. The molecule has 0 saturated carbocycles. The predicted octanol–water partition coefficient (Wildman–Crippen LogP) is 3.84. The summed E-state index contributed by atoms with van der Waals surface area (Å²) in [6.45, 7) is 3.70. The van der Waals surface area contributed by atoms with Crippen molar-refractivity contribution >= 4 is 5.91 Å². The first kappa shape index (κ1) is 23.2. The largest absolute Gasteiger partial charge is 0.419 e. The highest BCUT2D eigenvalue weighted by atomic mass is 19.4. The lowest BCUT2D eigenvalue weighted by Crippen LogP contribution is -2.39. The monoisotopic (exact) mass is 454 g/mol. The van der Waals surface area contributed by atoms with Crippen molar-refractivity contribution in [2.24, 2.45) is 0 Å². The van der Waals surface area contributed by atoms with Gasteiger partial charge in [0.15, 0.2) is 11.6 Å². The third-order valence-corrected chi connectivity index (χ3v) is 4.87. The molecule has 0 aliphatic carbocycles. The topological polar surface area (TPSA) is 76.8 Å². The number of hydrogen-bond donors (Lipinski definition) is 0. The van der Waals surface area contributed by atoms with Gasteiger partial charge in [0.1, 0.15) is 11.5 Å². The summed E-state index contributed by atoms with van der Waals surface area (Å²) in [6, 6.07) is 1.61. The fourth-order valence-electron chi connectivity index (χ4n) is 3.17. The minimum absolute atomic E-state index is 0.125. The molecule has 0 N–H and O–H groups in total. The quantitative estimate of drug-likeness (QED) is 0.507. The van der Waals surface area contributed by atoms with Crippen molar-refractivity contribution in [1.82, 2.24) is 29.9 Å².